The van der Waals surface area contributed by atoms with Crippen LogP contribution in [0, 0.1) is 0 Å². The van der Waals surface area contributed by atoms with Crippen LogP contribution in [0.3, 0.4) is 0 Å². The summed E-state index contributed by atoms with van der Waals surface area (Å²) in [5.41, 5.74) is 0.935. The zero-order valence-corrected chi connectivity index (χ0v) is 12.1. The highest BCUT2D eigenvalue weighted by atomic mass is 32.2. The summed E-state index contributed by atoms with van der Waals surface area (Å²) in [6, 6.07) is 0.173. The first kappa shape index (κ1) is 13.8. The molecule has 0 aromatic carbocycles. The summed E-state index contributed by atoms with van der Waals surface area (Å²) < 4.78 is 0.922. The van der Waals surface area contributed by atoms with Crippen molar-refractivity contribution in [1.82, 2.24) is 15.5 Å². The minimum Gasteiger partial charge on any atom is -0.480 e. The van der Waals surface area contributed by atoms with Gasteiger partial charge in [-0.3, -0.25) is 10.1 Å². The van der Waals surface area contributed by atoms with Crippen molar-refractivity contribution in [2.75, 3.05) is 0 Å². The SMILES string of the molecule is CC(C)NC1(C(=O)O)CCC(Sc2nncs2)C1. The van der Waals surface area contributed by atoms with E-state index in [4.69, 9.17) is 0 Å². The third kappa shape index (κ3) is 3.02. The number of nitrogens with one attached hydrogen (secondary N) is 1. The Balaban J connectivity index is 2.01. The van der Waals surface area contributed by atoms with Crippen molar-refractivity contribution >= 4 is 29.1 Å². The number of rotatable bonds is 5. The molecule has 1 fully saturated rings. The lowest BCUT2D eigenvalue weighted by Crippen LogP contribution is -2.53. The van der Waals surface area contributed by atoms with E-state index in [0.29, 0.717) is 18.1 Å². The van der Waals surface area contributed by atoms with E-state index in [1.54, 1.807) is 17.3 Å². The van der Waals surface area contributed by atoms with Gasteiger partial charge in [-0.15, -0.1) is 10.2 Å². The lowest BCUT2D eigenvalue weighted by molar-refractivity contribution is -0.145. The van der Waals surface area contributed by atoms with Gasteiger partial charge in [0.2, 0.25) is 0 Å². The fourth-order valence-electron chi connectivity index (χ4n) is 2.40. The smallest absolute Gasteiger partial charge is 0.323 e. The second-order valence-corrected chi connectivity index (χ2v) is 7.25. The van der Waals surface area contributed by atoms with E-state index in [9.17, 15) is 9.90 Å². The monoisotopic (exact) mass is 287 g/mol. The zero-order valence-electron chi connectivity index (χ0n) is 10.4. The Morgan fingerprint density at radius 2 is 2.50 bits per heavy atom. The molecule has 1 aromatic rings. The van der Waals surface area contributed by atoms with Crippen molar-refractivity contribution in [3.8, 4) is 0 Å². The van der Waals surface area contributed by atoms with Crippen LogP contribution >= 0.6 is 23.1 Å². The Labute approximate surface area is 114 Å². The van der Waals surface area contributed by atoms with E-state index in [1.165, 1.54) is 11.3 Å². The molecule has 0 radical (unpaired) electrons. The van der Waals surface area contributed by atoms with Gasteiger partial charge in [0, 0.05) is 11.3 Å². The molecule has 0 aliphatic heterocycles. The summed E-state index contributed by atoms with van der Waals surface area (Å²) in [7, 11) is 0. The first-order chi connectivity index (χ1) is 8.52. The summed E-state index contributed by atoms with van der Waals surface area (Å²) >= 11 is 3.15. The molecular weight excluding hydrogens is 270 g/mol. The van der Waals surface area contributed by atoms with Gasteiger partial charge in [-0.2, -0.15) is 0 Å². The van der Waals surface area contributed by atoms with Crippen LogP contribution in [0.25, 0.3) is 0 Å². The lowest BCUT2D eigenvalue weighted by atomic mass is 9.97. The molecule has 2 rings (SSSR count). The molecule has 0 amide bonds. The summed E-state index contributed by atoms with van der Waals surface area (Å²) in [4.78, 5) is 11.5. The largest absolute Gasteiger partial charge is 0.480 e. The average molecular weight is 287 g/mol. The predicted molar refractivity (Wildman–Crippen MR) is 72.0 cm³/mol. The van der Waals surface area contributed by atoms with Crippen molar-refractivity contribution < 1.29 is 9.90 Å². The Morgan fingerprint density at radius 1 is 1.72 bits per heavy atom. The van der Waals surface area contributed by atoms with Crippen LogP contribution in [-0.2, 0) is 4.79 Å². The molecule has 2 unspecified atom stereocenters. The molecule has 2 N–H and O–H groups in total. The normalized spacial score (nSPS) is 27.8. The minimum absolute atomic E-state index is 0.173. The van der Waals surface area contributed by atoms with Gasteiger partial charge in [0.15, 0.2) is 4.34 Å². The second-order valence-electron chi connectivity index (χ2n) is 4.87. The van der Waals surface area contributed by atoms with Crippen molar-refractivity contribution in [3.05, 3.63) is 5.51 Å². The van der Waals surface area contributed by atoms with E-state index in [0.717, 1.165) is 10.8 Å². The van der Waals surface area contributed by atoms with E-state index < -0.39 is 11.5 Å². The number of hydrogen-bond donors (Lipinski definition) is 2. The van der Waals surface area contributed by atoms with Gasteiger partial charge in [-0.25, -0.2) is 0 Å². The van der Waals surface area contributed by atoms with Gasteiger partial charge in [0.05, 0.1) is 0 Å². The van der Waals surface area contributed by atoms with Crippen LogP contribution in [0.2, 0.25) is 0 Å². The molecule has 0 spiro atoms. The molecule has 100 valence electrons. The highest BCUT2D eigenvalue weighted by Crippen LogP contribution is 2.40. The van der Waals surface area contributed by atoms with Gasteiger partial charge >= 0.3 is 5.97 Å². The molecule has 1 aliphatic rings. The summed E-state index contributed by atoms with van der Waals surface area (Å²) in [5, 5.41) is 20.8. The topological polar surface area (TPSA) is 75.1 Å². The average Bonchev–Trinajstić information content (AvgIpc) is 2.89. The first-order valence-corrected chi connectivity index (χ1v) is 7.72. The second kappa shape index (κ2) is 5.54. The molecule has 0 bridgehead atoms. The summed E-state index contributed by atoms with van der Waals surface area (Å²) in [6.45, 7) is 3.96. The molecule has 2 atom stereocenters. The van der Waals surface area contributed by atoms with Gasteiger partial charge in [-0.1, -0.05) is 23.1 Å². The molecule has 1 aromatic heterocycles. The summed E-state index contributed by atoms with van der Waals surface area (Å²) in [5.74, 6) is -0.739. The maximum atomic E-state index is 11.5. The van der Waals surface area contributed by atoms with E-state index in [2.05, 4.69) is 15.5 Å². The summed E-state index contributed by atoms with van der Waals surface area (Å²) in [6.07, 6.45) is 2.22. The number of carboxylic acid groups (broad SMARTS) is 1. The van der Waals surface area contributed by atoms with Crippen LogP contribution in [0.15, 0.2) is 9.85 Å². The maximum Gasteiger partial charge on any atom is 0.323 e. The van der Waals surface area contributed by atoms with Crippen molar-refractivity contribution in [3.63, 3.8) is 0 Å². The van der Waals surface area contributed by atoms with Gasteiger partial charge < -0.3 is 5.11 Å². The van der Waals surface area contributed by atoms with Crippen LogP contribution in [-0.4, -0.2) is 38.1 Å². The quantitative estimate of drug-likeness (QED) is 0.863. The highest BCUT2D eigenvalue weighted by Gasteiger charge is 2.46. The van der Waals surface area contributed by atoms with Gasteiger partial charge in [-0.05, 0) is 33.1 Å². The van der Waals surface area contributed by atoms with Crippen LogP contribution in [0.1, 0.15) is 33.1 Å². The number of nitrogens with zero attached hydrogens (tertiary/aromatic N) is 2. The van der Waals surface area contributed by atoms with E-state index >= 15 is 0 Å². The molecule has 0 saturated heterocycles. The van der Waals surface area contributed by atoms with Crippen LogP contribution in [0.5, 0.6) is 0 Å². The number of hydrogen-bond acceptors (Lipinski definition) is 6. The molecular formula is C11H17N3O2S2. The van der Waals surface area contributed by atoms with Crippen molar-refractivity contribution in [2.45, 2.75) is 54.3 Å². The zero-order chi connectivity index (χ0) is 13.2. The fraction of sp³-hybridized carbons (Fsp3) is 0.727. The fourth-order valence-corrected chi connectivity index (χ4v) is 4.42. The highest BCUT2D eigenvalue weighted by molar-refractivity contribution is 8.01. The van der Waals surface area contributed by atoms with E-state index in [-0.39, 0.29) is 6.04 Å². The Bertz CT molecular complexity index is 410. The van der Waals surface area contributed by atoms with Crippen molar-refractivity contribution in [1.29, 1.82) is 0 Å². The lowest BCUT2D eigenvalue weighted by Gasteiger charge is -2.28. The minimum atomic E-state index is -0.767. The van der Waals surface area contributed by atoms with Gasteiger partial charge in [0.1, 0.15) is 11.0 Å². The number of aromatic nitrogens is 2. The molecule has 18 heavy (non-hydrogen) atoms. The third-order valence-electron chi connectivity index (χ3n) is 3.05. The molecule has 5 nitrogen and oxygen atoms in total. The predicted octanol–water partition coefficient (Wildman–Crippen LogP) is 2.00. The number of carbonyl (C=O) groups is 1. The molecule has 1 aliphatic carbocycles. The molecule has 1 saturated carbocycles. The van der Waals surface area contributed by atoms with Gasteiger partial charge in [0.25, 0.3) is 0 Å². The molecule has 7 heteroatoms. The number of thioether (sulfide) groups is 1. The first-order valence-electron chi connectivity index (χ1n) is 5.96. The standard InChI is InChI=1S/C11H17N3O2S2/c1-7(2)13-11(9(15)16)4-3-8(5-11)18-10-14-12-6-17-10/h6-8,13H,3-5H2,1-2H3,(H,15,16). The Hall–Kier alpha value is -0.660. The van der Waals surface area contributed by atoms with Crippen LogP contribution in [0.4, 0.5) is 0 Å². The Kier molecular flexibility index (Phi) is 4.24. The number of carboxylic acids is 1. The maximum absolute atomic E-state index is 11.5. The van der Waals surface area contributed by atoms with E-state index in [1.807, 2.05) is 13.8 Å². The number of aliphatic carboxylic acids is 1. The van der Waals surface area contributed by atoms with Crippen LogP contribution < -0.4 is 5.32 Å². The Morgan fingerprint density at radius 3 is 3.06 bits per heavy atom. The molecule has 1 heterocycles. The van der Waals surface area contributed by atoms with Crippen molar-refractivity contribution in [2.24, 2.45) is 0 Å². The third-order valence-corrected chi connectivity index (χ3v) is 5.13.